The smallest absolute Gasteiger partial charge is 0.281 e. The average Bonchev–Trinajstić information content (AvgIpc) is 3.31. The van der Waals surface area contributed by atoms with E-state index in [9.17, 15) is 48.1 Å². The number of aromatic hydroxyl groups is 1. The molecule has 1 aliphatic heterocycles. The summed E-state index contributed by atoms with van der Waals surface area (Å²) in [5.74, 6) is -7.32. The lowest BCUT2D eigenvalue weighted by atomic mass is 9.86. The number of carbonyl (C=O) groups excluding carboxylic acids is 5. The van der Waals surface area contributed by atoms with E-state index in [-0.39, 0.29) is 78.5 Å². The zero-order valence-corrected chi connectivity index (χ0v) is 40.2. The first-order chi connectivity index (χ1) is 33.0. The number of carbonyl (C=O) groups is 5. The summed E-state index contributed by atoms with van der Waals surface area (Å²) < 4.78 is 41.5. The lowest BCUT2D eigenvalue weighted by Crippen LogP contribution is -2.45. The third-order valence-electron chi connectivity index (χ3n) is 12.2. The van der Waals surface area contributed by atoms with Gasteiger partial charge in [0.15, 0.2) is 34.7 Å². The summed E-state index contributed by atoms with van der Waals surface area (Å²) in [7, 11) is 1.27. The number of aromatic nitrogens is 2. The molecule has 12 N–H and O–H groups in total. The van der Waals surface area contributed by atoms with Crippen LogP contribution in [0, 0.1) is 11.8 Å². The summed E-state index contributed by atoms with van der Waals surface area (Å²) in [6.07, 6.45) is -6.97. The Morgan fingerprint density at radius 3 is 2.10 bits per heavy atom. The van der Waals surface area contributed by atoms with Gasteiger partial charge >= 0.3 is 0 Å². The zero-order valence-electron chi connectivity index (χ0n) is 40.2. The lowest BCUT2D eigenvalue weighted by Gasteiger charge is -2.32. The Bertz CT molecular complexity index is 2560. The van der Waals surface area contributed by atoms with Crippen molar-refractivity contribution in [3.05, 3.63) is 82.5 Å². The Hall–Kier alpha value is -6.45. The molecule has 70 heavy (non-hydrogen) atoms. The van der Waals surface area contributed by atoms with Crippen molar-refractivity contribution in [1.82, 2.24) is 20.2 Å². The van der Waals surface area contributed by atoms with E-state index in [0.29, 0.717) is 11.1 Å². The molecule has 2 amide bonds. The maximum atomic E-state index is 14.9. The van der Waals surface area contributed by atoms with Gasteiger partial charge in [-0.05, 0) is 72.7 Å². The van der Waals surface area contributed by atoms with Crippen LogP contribution in [0.4, 0.5) is 14.6 Å². The molecule has 0 fully saturated rings. The molecule has 4 bridgehead atoms. The first kappa shape index (κ1) is 54.5. The van der Waals surface area contributed by atoms with Crippen molar-refractivity contribution in [2.75, 3.05) is 45.6 Å². The van der Waals surface area contributed by atoms with Crippen LogP contribution in [-0.4, -0.2) is 117 Å². The van der Waals surface area contributed by atoms with Crippen LogP contribution in [0.3, 0.4) is 0 Å². The largest absolute Gasteiger partial charge is 0.504 e. The summed E-state index contributed by atoms with van der Waals surface area (Å²) in [4.78, 5) is 79.8. The second kappa shape index (κ2) is 23.4. The number of rotatable bonds is 18. The SMILES string of the molecule is CC(=O)[C@@H]1Cc2ccc(OC[C@H](O)CN)c(c2)-c2cc(cc(OC[C@H](O)CN)c2O)[C@H](N(C)C(=O)[C@H](CCN)CC(=O)c2c(N)nc(-c3ccc(C(C)(C)C)cc3)nc2C(F)F)C(=O)C[C@@H](C)C(=O)N1. The Balaban J connectivity index is 1.65. The standard InChI is InChI=1S/C50H64F2N8O10/c1-25-15-38(65)43(60(6)49(68)29(13-14-53)19-37(64)41-42(45(51)52)58-47(59-46(41)56)28-8-10-31(11-9-28)50(3,4)5)30-18-35(44(66)40(20-30)70-24-33(63)22-55)34-16-27(17-36(26(2)61)57-48(25)67)7-12-39(34)69-23-32(62)21-54/h7-12,16,18,20,25,29,32-33,36,43,45,62-63,66H,13-15,17,19,21-24,53-55H2,1-6H3,(H,57,67)(H2,56,58,59)/t25-,29-,32-,33-,36+,43+/m1/s1. The van der Waals surface area contributed by atoms with Crippen LogP contribution in [0.15, 0.2) is 54.6 Å². The number of phenolic OH excluding ortho intramolecular Hbond substituents is 1. The predicted molar refractivity (Wildman–Crippen MR) is 257 cm³/mol. The number of alkyl halides is 2. The minimum Gasteiger partial charge on any atom is -0.504 e. The monoisotopic (exact) mass is 974 g/mol. The number of nitrogen functional groups attached to an aromatic ring is 1. The summed E-state index contributed by atoms with van der Waals surface area (Å²) in [5, 5.41) is 35.4. The number of phenols is 1. The number of amides is 2. The highest BCUT2D eigenvalue weighted by Crippen LogP contribution is 2.45. The number of likely N-dealkylation sites (N-methyl/N-ethyl adjacent to an activating group) is 1. The second-order valence-electron chi connectivity index (χ2n) is 18.7. The summed E-state index contributed by atoms with van der Waals surface area (Å²) >= 11 is 0. The van der Waals surface area contributed by atoms with Gasteiger partial charge in [0.25, 0.3) is 6.43 Å². The maximum absolute atomic E-state index is 14.9. The van der Waals surface area contributed by atoms with Gasteiger partial charge in [0.1, 0.15) is 48.7 Å². The van der Waals surface area contributed by atoms with Gasteiger partial charge < -0.3 is 57.9 Å². The van der Waals surface area contributed by atoms with E-state index in [0.717, 1.165) is 10.5 Å². The third-order valence-corrected chi connectivity index (χ3v) is 12.2. The van der Waals surface area contributed by atoms with E-state index in [4.69, 9.17) is 32.4 Å². The number of nitrogens with one attached hydrogen (secondary N) is 1. The number of hydrogen-bond acceptors (Lipinski definition) is 16. The van der Waals surface area contributed by atoms with Crippen LogP contribution in [0.2, 0.25) is 0 Å². The third kappa shape index (κ3) is 13.0. The molecule has 0 saturated carbocycles. The van der Waals surface area contributed by atoms with Crippen LogP contribution in [0.25, 0.3) is 22.5 Å². The Labute approximate surface area is 405 Å². The predicted octanol–water partition coefficient (Wildman–Crippen LogP) is 3.69. The van der Waals surface area contributed by atoms with Crippen molar-refractivity contribution in [3.8, 4) is 39.8 Å². The number of hydrogen-bond donors (Lipinski definition) is 8. The Morgan fingerprint density at radius 2 is 1.53 bits per heavy atom. The number of aliphatic hydroxyl groups is 2. The molecule has 2 heterocycles. The molecular formula is C50H64F2N8O10. The average molecular weight is 975 g/mol. The van der Waals surface area contributed by atoms with Crippen molar-refractivity contribution in [1.29, 1.82) is 0 Å². The lowest BCUT2D eigenvalue weighted by molar-refractivity contribution is -0.142. The molecule has 0 saturated heterocycles. The molecule has 3 aromatic carbocycles. The number of aliphatic hydroxyl groups excluding tert-OH is 2. The molecule has 4 aromatic rings. The fraction of sp³-hybridized carbons (Fsp3) is 0.460. The van der Waals surface area contributed by atoms with E-state index in [1.54, 1.807) is 24.3 Å². The molecule has 0 unspecified atom stereocenters. The van der Waals surface area contributed by atoms with Crippen molar-refractivity contribution >= 4 is 35.0 Å². The number of anilines is 1. The van der Waals surface area contributed by atoms with Crippen LogP contribution < -0.4 is 37.7 Å². The number of halogens is 2. The van der Waals surface area contributed by atoms with Crippen molar-refractivity contribution in [3.63, 3.8) is 0 Å². The fourth-order valence-corrected chi connectivity index (χ4v) is 8.07. The Kier molecular flexibility index (Phi) is 18.2. The number of nitrogens with zero attached hydrogens (tertiary/aromatic N) is 3. The van der Waals surface area contributed by atoms with Gasteiger partial charge in [-0.2, -0.15) is 0 Å². The van der Waals surface area contributed by atoms with Gasteiger partial charge in [-0.25, -0.2) is 18.7 Å². The van der Waals surface area contributed by atoms with Crippen molar-refractivity contribution in [2.45, 2.75) is 96.4 Å². The topological polar surface area (TPSA) is 310 Å². The zero-order chi connectivity index (χ0) is 51.8. The number of ether oxygens (including phenoxy) is 2. The van der Waals surface area contributed by atoms with E-state index in [1.807, 2.05) is 32.9 Å². The molecule has 1 aliphatic rings. The quantitative estimate of drug-likeness (QED) is 0.0660. The number of ketones is 3. The number of Topliss-reactive ketones (excluding diaryl/α,β-unsaturated/α-hetero) is 3. The van der Waals surface area contributed by atoms with Gasteiger partial charge in [-0.15, -0.1) is 0 Å². The highest BCUT2D eigenvalue weighted by atomic mass is 19.3. The van der Waals surface area contributed by atoms with Crippen LogP contribution in [-0.2, 0) is 31.0 Å². The normalized spacial score (nSPS) is 17.8. The molecule has 0 radical (unpaired) electrons. The van der Waals surface area contributed by atoms with E-state index >= 15 is 0 Å². The highest BCUT2D eigenvalue weighted by molar-refractivity contribution is 6.04. The van der Waals surface area contributed by atoms with Crippen molar-refractivity contribution < 1.29 is 57.5 Å². The fourth-order valence-electron chi connectivity index (χ4n) is 8.07. The van der Waals surface area contributed by atoms with Gasteiger partial charge in [0.05, 0.1) is 11.6 Å². The first-order valence-electron chi connectivity index (χ1n) is 22.9. The molecule has 20 heteroatoms. The van der Waals surface area contributed by atoms with Crippen LogP contribution in [0.1, 0.15) is 99.1 Å². The summed E-state index contributed by atoms with van der Waals surface area (Å²) in [6, 6.07) is 11.7. The maximum Gasteiger partial charge on any atom is 0.281 e. The van der Waals surface area contributed by atoms with Gasteiger partial charge in [0.2, 0.25) is 11.8 Å². The van der Waals surface area contributed by atoms with Crippen molar-refractivity contribution in [2.24, 2.45) is 29.0 Å². The van der Waals surface area contributed by atoms with Crippen LogP contribution in [0.5, 0.6) is 17.2 Å². The molecule has 1 aromatic heterocycles. The second-order valence-corrected chi connectivity index (χ2v) is 18.7. The minimum atomic E-state index is -3.28. The molecule has 5 rings (SSSR count). The molecule has 0 aliphatic carbocycles. The number of fused-ring (bicyclic) bond motifs is 5. The molecule has 6 atom stereocenters. The summed E-state index contributed by atoms with van der Waals surface area (Å²) in [5.41, 5.74) is 23.7. The van der Waals surface area contributed by atoms with E-state index in [1.165, 1.54) is 39.1 Å². The molecule has 18 nitrogen and oxygen atoms in total. The number of benzene rings is 3. The highest BCUT2D eigenvalue weighted by Gasteiger charge is 2.38. The molecular weight excluding hydrogens is 911 g/mol. The molecule has 0 spiro atoms. The van der Waals surface area contributed by atoms with Crippen LogP contribution >= 0.6 is 0 Å². The number of nitrogens with two attached hydrogens (primary N) is 4. The van der Waals surface area contributed by atoms with Gasteiger partial charge in [-0.1, -0.05) is 58.0 Å². The van der Waals surface area contributed by atoms with E-state index < -0.39 is 114 Å². The Morgan fingerprint density at radius 1 is 0.900 bits per heavy atom. The molecule has 378 valence electrons. The van der Waals surface area contributed by atoms with E-state index in [2.05, 4.69) is 15.3 Å². The summed E-state index contributed by atoms with van der Waals surface area (Å²) in [6.45, 7) is 7.54. The minimum absolute atomic E-state index is 0.0137. The van der Waals surface area contributed by atoms with Gasteiger partial charge in [0, 0.05) is 61.5 Å². The first-order valence-corrected chi connectivity index (χ1v) is 22.9. The van der Waals surface area contributed by atoms with Gasteiger partial charge in [-0.3, -0.25) is 24.0 Å².